The third-order valence-electron chi connectivity index (χ3n) is 5.16. The van der Waals surface area contributed by atoms with E-state index in [1.165, 1.54) is 0 Å². The number of hydrogen-bond acceptors (Lipinski definition) is 5. The van der Waals surface area contributed by atoms with Crippen molar-refractivity contribution in [3.63, 3.8) is 0 Å². The van der Waals surface area contributed by atoms with Gasteiger partial charge < -0.3 is 9.30 Å². The first-order chi connectivity index (χ1) is 13.6. The zero-order valence-corrected chi connectivity index (χ0v) is 16.1. The molecule has 8 heteroatoms. The van der Waals surface area contributed by atoms with Gasteiger partial charge in [-0.15, -0.1) is 0 Å². The molecule has 8 nitrogen and oxygen atoms in total. The van der Waals surface area contributed by atoms with Crippen molar-refractivity contribution in [2.45, 2.75) is 25.4 Å². The number of nitrogens with one attached hydrogen (secondary N) is 2. The number of likely N-dealkylation sites (tertiary alicyclic amines) is 1. The van der Waals surface area contributed by atoms with Crippen molar-refractivity contribution in [2.75, 3.05) is 26.0 Å². The molecule has 1 fully saturated rings. The number of carbonyl (C=O) groups is 1. The third kappa shape index (κ3) is 3.77. The van der Waals surface area contributed by atoms with Crippen LogP contribution in [0.25, 0.3) is 0 Å². The molecule has 4 rings (SSSR count). The standard InChI is InChI=1S/C20H24N6O2/c1-25-10-3-4-18(25)16-12-17(24-23-16)19(27)22-20-21-9-11-26(20)13-14-5-7-15(28-2)8-6-14/h5-9,11-12,18H,3-4,10,13H2,1-2H3,(H,23,24)(H,21,22,27). The molecule has 2 aromatic heterocycles. The first kappa shape index (κ1) is 18.2. The molecule has 2 N–H and O–H groups in total. The average Bonchev–Trinajstić information content (AvgIpc) is 3.44. The van der Waals surface area contributed by atoms with E-state index in [2.05, 4.69) is 32.4 Å². The quantitative estimate of drug-likeness (QED) is 0.686. The smallest absolute Gasteiger partial charge is 0.278 e. The fourth-order valence-electron chi connectivity index (χ4n) is 3.58. The van der Waals surface area contributed by atoms with E-state index in [0.29, 0.717) is 24.2 Å². The van der Waals surface area contributed by atoms with Gasteiger partial charge >= 0.3 is 0 Å². The van der Waals surface area contributed by atoms with Gasteiger partial charge in [-0.05, 0) is 50.2 Å². The highest BCUT2D eigenvalue weighted by Crippen LogP contribution is 2.29. The van der Waals surface area contributed by atoms with Gasteiger partial charge in [-0.3, -0.25) is 20.1 Å². The van der Waals surface area contributed by atoms with Crippen molar-refractivity contribution in [1.82, 2.24) is 24.6 Å². The van der Waals surface area contributed by atoms with Crippen LogP contribution in [0, 0.1) is 0 Å². The van der Waals surface area contributed by atoms with Crippen LogP contribution in [0.4, 0.5) is 5.95 Å². The van der Waals surface area contributed by atoms with Crippen molar-refractivity contribution in [2.24, 2.45) is 0 Å². The molecule has 3 aromatic rings. The zero-order chi connectivity index (χ0) is 19.5. The molecular weight excluding hydrogens is 356 g/mol. The second kappa shape index (κ2) is 7.85. The Morgan fingerprint density at radius 2 is 2.18 bits per heavy atom. The van der Waals surface area contributed by atoms with Crippen molar-refractivity contribution >= 4 is 11.9 Å². The zero-order valence-electron chi connectivity index (χ0n) is 16.1. The first-order valence-electron chi connectivity index (χ1n) is 9.35. The molecule has 1 atom stereocenters. The van der Waals surface area contributed by atoms with Crippen LogP contribution in [0.5, 0.6) is 5.75 Å². The number of anilines is 1. The molecule has 0 saturated carbocycles. The summed E-state index contributed by atoms with van der Waals surface area (Å²) >= 11 is 0. The molecule has 28 heavy (non-hydrogen) atoms. The van der Waals surface area contributed by atoms with Gasteiger partial charge in [0.05, 0.1) is 25.4 Å². The summed E-state index contributed by atoms with van der Waals surface area (Å²) < 4.78 is 7.07. The lowest BCUT2D eigenvalue weighted by Gasteiger charge is -2.16. The predicted molar refractivity (Wildman–Crippen MR) is 105 cm³/mol. The van der Waals surface area contributed by atoms with Crippen molar-refractivity contribution < 1.29 is 9.53 Å². The summed E-state index contributed by atoms with van der Waals surface area (Å²) in [7, 11) is 3.73. The monoisotopic (exact) mass is 380 g/mol. The topological polar surface area (TPSA) is 88.1 Å². The van der Waals surface area contributed by atoms with Gasteiger partial charge in [0.2, 0.25) is 5.95 Å². The van der Waals surface area contributed by atoms with Crippen LogP contribution in [-0.2, 0) is 6.54 Å². The minimum absolute atomic E-state index is 0.273. The molecule has 0 aliphatic carbocycles. The summed E-state index contributed by atoms with van der Waals surface area (Å²) in [5.74, 6) is 1.03. The Hall–Kier alpha value is -3.13. The van der Waals surface area contributed by atoms with E-state index in [1.54, 1.807) is 13.3 Å². The van der Waals surface area contributed by atoms with Crippen LogP contribution in [0.15, 0.2) is 42.7 Å². The second-order valence-corrected chi connectivity index (χ2v) is 7.03. The number of benzene rings is 1. The van der Waals surface area contributed by atoms with E-state index in [-0.39, 0.29) is 5.91 Å². The maximum Gasteiger partial charge on any atom is 0.278 e. The van der Waals surface area contributed by atoms with Gasteiger partial charge in [-0.25, -0.2) is 4.98 Å². The Bertz CT molecular complexity index is 946. The Morgan fingerprint density at radius 3 is 2.89 bits per heavy atom. The van der Waals surface area contributed by atoms with Gasteiger partial charge in [0.25, 0.3) is 5.91 Å². The largest absolute Gasteiger partial charge is 0.497 e. The third-order valence-corrected chi connectivity index (χ3v) is 5.16. The molecule has 1 unspecified atom stereocenters. The number of carbonyl (C=O) groups excluding carboxylic acids is 1. The van der Waals surface area contributed by atoms with Crippen molar-refractivity contribution in [3.05, 3.63) is 59.7 Å². The highest BCUT2D eigenvalue weighted by molar-refractivity contribution is 6.02. The maximum atomic E-state index is 12.6. The molecule has 1 amide bonds. The number of amides is 1. The van der Waals surface area contributed by atoms with E-state index in [0.717, 1.165) is 36.4 Å². The van der Waals surface area contributed by atoms with Gasteiger partial charge in [0.1, 0.15) is 5.75 Å². The molecular formula is C20H24N6O2. The Morgan fingerprint density at radius 1 is 1.36 bits per heavy atom. The highest BCUT2D eigenvalue weighted by Gasteiger charge is 2.25. The van der Waals surface area contributed by atoms with E-state index in [1.807, 2.05) is 41.1 Å². The van der Waals surface area contributed by atoms with E-state index in [4.69, 9.17) is 4.74 Å². The summed E-state index contributed by atoms with van der Waals surface area (Å²) in [6, 6.07) is 9.93. The number of nitrogens with zero attached hydrogens (tertiary/aromatic N) is 4. The normalized spacial score (nSPS) is 17.0. The van der Waals surface area contributed by atoms with Crippen LogP contribution in [0.3, 0.4) is 0 Å². The number of aromatic nitrogens is 4. The van der Waals surface area contributed by atoms with Crippen LogP contribution in [-0.4, -0.2) is 51.3 Å². The molecule has 0 bridgehead atoms. The molecule has 1 aromatic carbocycles. The lowest BCUT2D eigenvalue weighted by atomic mass is 10.1. The van der Waals surface area contributed by atoms with Crippen LogP contribution < -0.4 is 10.1 Å². The number of aromatic amines is 1. The molecule has 0 radical (unpaired) electrons. The highest BCUT2D eigenvalue weighted by atomic mass is 16.5. The lowest BCUT2D eigenvalue weighted by Crippen LogP contribution is -2.18. The fourth-order valence-corrected chi connectivity index (χ4v) is 3.58. The maximum absolute atomic E-state index is 12.6. The molecule has 0 spiro atoms. The summed E-state index contributed by atoms with van der Waals surface area (Å²) in [4.78, 5) is 19.2. The summed E-state index contributed by atoms with van der Waals surface area (Å²) in [6.45, 7) is 1.66. The van der Waals surface area contributed by atoms with Crippen molar-refractivity contribution in [1.29, 1.82) is 0 Å². The number of imidazole rings is 1. The van der Waals surface area contributed by atoms with Gasteiger partial charge in [0, 0.05) is 12.4 Å². The van der Waals surface area contributed by atoms with Gasteiger partial charge in [-0.1, -0.05) is 12.1 Å². The molecule has 1 aliphatic rings. The minimum Gasteiger partial charge on any atom is -0.497 e. The van der Waals surface area contributed by atoms with Crippen LogP contribution in [0.2, 0.25) is 0 Å². The SMILES string of the molecule is COc1ccc(Cn2ccnc2NC(=O)c2cc(C3CCCN3C)[nH]n2)cc1. The number of rotatable bonds is 6. The minimum atomic E-state index is -0.273. The lowest BCUT2D eigenvalue weighted by molar-refractivity contribution is 0.102. The Labute approximate surface area is 163 Å². The van der Waals surface area contributed by atoms with Gasteiger partial charge in [-0.2, -0.15) is 5.10 Å². The Balaban J connectivity index is 1.44. The van der Waals surface area contributed by atoms with E-state index in [9.17, 15) is 4.79 Å². The van der Waals surface area contributed by atoms with Crippen molar-refractivity contribution in [3.8, 4) is 5.75 Å². The number of H-pyrrole nitrogens is 1. The molecule has 1 aliphatic heterocycles. The predicted octanol–water partition coefficient (Wildman–Crippen LogP) is 2.68. The second-order valence-electron chi connectivity index (χ2n) is 7.03. The first-order valence-corrected chi connectivity index (χ1v) is 9.35. The van der Waals surface area contributed by atoms with E-state index >= 15 is 0 Å². The molecule has 146 valence electrons. The van der Waals surface area contributed by atoms with Crippen LogP contribution >= 0.6 is 0 Å². The summed E-state index contributed by atoms with van der Waals surface area (Å²) in [5.41, 5.74) is 2.43. The summed E-state index contributed by atoms with van der Waals surface area (Å²) in [5, 5.41) is 10.1. The molecule has 3 heterocycles. The van der Waals surface area contributed by atoms with E-state index < -0.39 is 0 Å². The number of hydrogen-bond donors (Lipinski definition) is 2. The fraction of sp³-hybridized carbons (Fsp3) is 0.350. The summed E-state index contributed by atoms with van der Waals surface area (Å²) in [6.07, 6.45) is 5.74. The number of methoxy groups -OCH3 is 1. The van der Waals surface area contributed by atoms with Gasteiger partial charge in [0.15, 0.2) is 5.69 Å². The average molecular weight is 380 g/mol. The number of ether oxygens (including phenoxy) is 1. The molecule has 1 saturated heterocycles. The Kier molecular flexibility index (Phi) is 5.12. The van der Waals surface area contributed by atoms with Crippen LogP contribution in [0.1, 0.15) is 40.6 Å².